The van der Waals surface area contributed by atoms with Crippen LogP contribution in [-0.4, -0.2) is 30.6 Å². The van der Waals surface area contributed by atoms with Gasteiger partial charge in [0.2, 0.25) is 0 Å². The van der Waals surface area contributed by atoms with Crippen LogP contribution in [0.15, 0.2) is 30.3 Å². The summed E-state index contributed by atoms with van der Waals surface area (Å²) in [4.78, 5) is 2.64. The topological polar surface area (TPSA) is 15.3 Å². The van der Waals surface area contributed by atoms with Crippen LogP contribution in [0.3, 0.4) is 0 Å². The van der Waals surface area contributed by atoms with E-state index in [9.17, 15) is 0 Å². The number of piperidine rings is 1. The first-order chi connectivity index (χ1) is 9.68. The highest BCUT2D eigenvalue weighted by atomic mass is 15.2. The fourth-order valence-electron chi connectivity index (χ4n) is 3.18. The lowest BCUT2D eigenvalue weighted by Gasteiger charge is -2.34. The number of likely N-dealkylation sites (tertiary alicyclic amines) is 1. The fourth-order valence-corrected chi connectivity index (χ4v) is 3.18. The average molecular weight is 274 g/mol. The molecule has 1 aliphatic heterocycles. The first-order valence-electron chi connectivity index (χ1n) is 8.21. The molecule has 1 aromatic rings. The monoisotopic (exact) mass is 274 g/mol. The van der Waals surface area contributed by atoms with E-state index in [2.05, 4.69) is 61.3 Å². The molecule has 2 unspecified atom stereocenters. The predicted molar refractivity (Wildman–Crippen MR) is 86.9 cm³/mol. The molecule has 1 N–H and O–H groups in total. The van der Waals surface area contributed by atoms with Crippen LogP contribution in [0.5, 0.6) is 0 Å². The quantitative estimate of drug-likeness (QED) is 0.847. The summed E-state index contributed by atoms with van der Waals surface area (Å²) in [6, 6.07) is 12.0. The van der Waals surface area contributed by atoms with Gasteiger partial charge in [-0.05, 0) is 44.3 Å². The molecule has 1 fully saturated rings. The van der Waals surface area contributed by atoms with Gasteiger partial charge in [-0.3, -0.25) is 4.90 Å². The zero-order valence-electron chi connectivity index (χ0n) is 13.3. The van der Waals surface area contributed by atoms with Gasteiger partial charge in [-0.15, -0.1) is 0 Å². The Morgan fingerprint density at radius 1 is 1.00 bits per heavy atom. The summed E-state index contributed by atoms with van der Waals surface area (Å²) < 4.78 is 0. The summed E-state index contributed by atoms with van der Waals surface area (Å²) >= 11 is 0. The van der Waals surface area contributed by atoms with Crippen molar-refractivity contribution in [1.29, 1.82) is 0 Å². The second kappa shape index (κ2) is 7.80. The van der Waals surface area contributed by atoms with Crippen LogP contribution < -0.4 is 5.32 Å². The summed E-state index contributed by atoms with van der Waals surface area (Å²) in [6.07, 6.45) is 4.16. The van der Waals surface area contributed by atoms with Crippen molar-refractivity contribution in [3.05, 3.63) is 35.9 Å². The van der Waals surface area contributed by atoms with Crippen LogP contribution in [0.1, 0.15) is 51.6 Å². The molecular weight excluding hydrogens is 244 g/mol. The van der Waals surface area contributed by atoms with E-state index in [0.717, 1.165) is 6.54 Å². The molecule has 2 atom stereocenters. The molecule has 1 saturated heterocycles. The van der Waals surface area contributed by atoms with Crippen LogP contribution in [0.4, 0.5) is 0 Å². The Morgan fingerprint density at radius 3 is 2.25 bits per heavy atom. The second-order valence-corrected chi connectivity index (χ2v) is 6.49. The lowest BCUT2D eigenvalue weighted by molar-refractivity contribution is 0.165. The number of hydrogen-bond acceptors (Lipinski definition) is 2. The van der Waals surface area contributed by atoms with Crippen LogP contribution in [0.2, 0.25) is 0 Å². The molecule has 1 heterocycles. The highest BCUT2D eigenvalue weighted by Gasteiger charge is 2.20. The van der Waals surface area contributed by atoms with Gasteiger partial charge in [0.1, 0.15) is 0 Å². The van der Waals surface area contributed by atoms with Crippen LogP contribution in [0, 0.1) is 5.92 Å². The molecule has 20 heavy (non-hydrogen) atoms. The number of benzene rings is 1. The Hall–Kier alpha value is -0.860. The van der Waals surface area contributed by atoms with E-state index in [0.29, 0.717) is 18.0 Å². The lowest BCUT2D eigenvalue weighted by Crippen LogP contribution is -2.44. The fraction of sp³-hybridized carbons (Fsp3) is 0.667. The third kappa shape index (κ3) is 4.32. The van der Waals surface area contributed by atoms with Gasteiger partial charge < -0.3 is 5.32 Å². The summed E-state index contributed by atoms with van der Waals surface area (Å²) in [5.41, 5.74) is 1.41. The van der Waals surface area contributed by atoms with E-state index in [-0.39, 0.29) is 0 Å². The Kier molecular flexibility index (Phi) is 6.06. The van der Waals surface area contributed by atoms with Crippen LogP contribution in [-0.2, 0) is 0 Å². The number of nitrogens with one attached hydrogen (secondary N) is 1. The molecule has 2 rings (SSSR count). The zero-order chi connectivity index (χ0) is 14.4. The molecule has 0 amide bonds. The number of rotatable bonds is 6. The Morgan fingerprint density at radius 2 is 1.65 bits per heavy atom. The van der Waals surface area contributed by atoms with Gasteiger partial charge in [0.15, 0.2) is 0 Å². The van der Waals surface area contributed by atoms with Gasteiger partial charge in [0.05, 0.1) is 0 Å². The van der Waals surface area contributed by atoms with Gasteiger partial charge >= 0.3 is 0 Å². The minimum Gasteiger partial charge on any atom is -0.308 e. The zero-order valence-corrected chi connectivity index (χ0v) is 13.3. The molecule has 0 saturated carbocycles. The van der Waals surface area contributed by atoms with Crippen molar-refractivity contribution in [3.63, 3.8) is 0 Å². The van der Waals surface area contributed by atoms with Crippen LogP contribution in [0.25, 0.3) is 0 Å². The maximum absolute atomic E-state index is 3.79. The van der Waals surface area contributed by atoms with E-state index in [1.165, 1.54) is 37.9 Å². The molecule has 1 aliphatic rings. The summed E-state index contributed by atoms with van der Waals surface area (Å²) in [7, 11) is 0. The van der Waals surface area contributed by atoms with Crippen molar-refractivity contribution in [2.75, 3.05) is 19.6 Å². The van der Waals surface area contributed by atoms with Crippen LogP contribution >= 0.6 is 0 Å². The molecule has 0 aromatic heterocycles. The minimum absolute atomic E-state index is 0.462. The minimum atomic E-state index is 0.462. The highest BCUT2D eigenvalue weighted by Crippen LogP contribution is 2.21. The second-order valence-electron chi connectivity index (χ2n) is 6.49. The van der Waals surface area contributed by atoms with Gasteiger partial charge in [0, 0.05) is 18.6 Å². The molecule has 112 valence electrons. The predicted octanol–water partition coefficient (Wildman–Crippen LogP) is 3.85. The van der Waals surface area contributed by atoms with Gasteiger partial charge in [-0.2, -0.15) is 0 Å². The molecule has 1 aromatic carbocycles. The van der Waals surface area contributed by atoms with E-state index in [4.69, 9.17) is 0 Å². The summed E-state index contributed by atoms with van der Waals surface area (Å²) in [5, 5.41) is 3.79. The molecular formula is C18H30N2. The van der Waals surface area contributed by atoms with Crippen molar-refractivity contribution < 1.29 is 0 Å². The Labute approximate surface area is 124 Å². The largest absolute Gasteiger partial charge is 0.308 e. The van der Waals surface area contributed by atoms with Crippen molar-refractivity contribution in [1.82, 2.24) is 10.2 Å². The third-order valence-electron chi connectivity index (χ3n) is 4.47. The normalized spacial score (nSPS) is 20.0. The molecule has 0 bridgehead atoms. The van der Waals surface area contributed by atoms with Crippen molar-refractivity contribution in [2.24, 2.45) is 5.92 Å². The van der Waals surface area contributed by atoms with Crippen molar-refractivity contribution >= 4 is 0 Å². The van der Waals surface area contributed by atoms with E-state index in [1.54, 1.807) is 0 Å². The Bertz CT molecular complexity index is 368. The lowest BCUT2D eigenvalue weighted by atomic mass is 9.96. The van der Waals surface area contributed by atoms with Gasteiger partial charge in [0.25, 0.3) is 0 Å². The molecule has 0 spiro atoms. The van der Waals surface area contributed by atoms with E-state index < -0.39 is 0 Å². The average Bonchev–Trinajstić information content (AvgIpc) is 2.49. The Balaban J connectivity index is 1.89. The number of nitrogens with zero attached hydrogens (tertiary/aromatic N) is 1. The first kappa shape index (κ1) is 15.5. The molecule has 2 nitrogen and oxygen atoms in total. The van der Waals surface area contributed by atoms with E-state index in [1.807, 2.05) is 0 Å². The molecule has 0 aliphatic carbocycles. The maximum Gasteiger partial charge on any atom is 0.0344 e. The third-order valence-corrected chi connectivity index (χ3v) is 4.47. The summed E-state index contributed by atoms with van der Waals surface area (Å²) in [6.45, 7) is 10.6. The molecule has 0 radical (unpaired) electrons. The van der Waals surface area contributed by atoms with Gasteiger partial charge in [-0.25, -0.2) is 0 Å². The molecule has 2 heteroatoms. The van der Waals surface area contributed by atoms with Crippen molar-refractivity contribution in [2.45, 2.75) is 52.1 Å². The standard InChI is InChI=1S/C18H30N2/c1-15(2)18(17-10-6-4-7-11-17)19-14-16(3)20-12-8-5-9-13-20/h4,6-7,10-11,15-16,18-19H,5,8-9,12-14H2,1-3H3. The number of hydrogen-bond donors (Lipinski definition) is 1. The first-order valence-corrected chi connectivity index (χ1v) is 8.21. The van der Waals surface area contributed by atoms with Crippen molar-refractivity contribution in [3.8, 4) is 0 Å². The smallest absolute Gasteiger partial charge is 0.0344 e. The van der Waals surface area contributed by atoms with Gasteiger partial charge in [-0.1, -0.05) is 50.6 Å². The summed E-state index contributed by atoms with van der Waals surface area (Å²) in [5.74, 6) is 0.617. The SMILES string of the molecule is CC(C)C(NCC(C)N1CCCCC1)c1ccccc1. The maximum atomic E-state index is 3.79. The highest BCUT2D eigenvalue weighted by molar-refractivity contribution is 5.19. The van der Waals surface area contributed by atoms with E-state index >= 15 is 0 Å².